The molecule has 0 fully saturated rings. The van der Waals surface area contributed by atoms with Crippen molar-refractivity contribution >= 4 is 28.4 Å². The van der Waals surface area contributed by atoms with Crippen LogP contribution in [0.2, 0.25) is 0 Å². The van der Waals surface area contributed by atoms with E-state index in [1.165, 1.54) is 16.2 Å². The monoisotopic (exact) mass is 519 g/mol. The van der Waals surface area contributed by atoms with Crippen LogP contribution in [0.1, 0.15) is 27.0 Å². The standard InChI is InChI=1S/C30H29N7O2/c1-36(2)19-21-7-10-25(11-8-21)34-30-33-18-24-15-22(9-12-27(24)35-30)17-32-28(38)26-6-4-14-37(29(26)39)20-23-5-3-13-31-16-23/h3-16,18H,17,19-20H2,1-2H3,(H,32,38)(H,33,34,35). The van der Waals surface area contributed by atoms with E-state index >= 15 is 0 Å². The Bertz CT molecular complexity index is 1650. The number of carbonyl (C=O) groups is 1. The van der Waals surface area contributed by atoms with Crippen LogP contribution in [0.15, 0.2) is 96.3 Å². The first-order chi connectivity index (χ1) is 18.9. The lowest BCUT2D eigenvalue weighted by molar-refractivity contribution is 0.0949. The van der Waals surface area contributed by atoms with Crippen molar-refractivity contribution in [3.8, 4) is 0 Å². The summed E-state index contributed by atoms with van der Waals surface area (Å²) in [5, 5.41) is 6.95. The smallest absolute Gasteiger partial charge is 0.263 e. The predicted molar refractivity (Wildman–Crippen MR) is 152 cm³/mol. The zero-order chi connectivity index (χ0) is 27.2. The molecule has 0 aliphatic heterocycles. The van der Waals surface area contributed by atoms with Crippen molar-refractivity contribution in [3.63, 3.8) is 0 Å². The van der Waals surface area contributed by atoms with Gasteiger partial charge in [0, 0.05) is 49.0 Å². The van der Waals surface area contributed by atoms with E-state index in [4.69, 9.17) is 0 Å². The molecule has 0 bridgehead atoms. The van der Waals surface area contributed by atoms with Crippen molar-refractivity contribution in [1.29, 1.82) is 0 Å². The lowest BCUT2D eigenvalue weighted by Gasteiger charge is -2.11. The Morgan fingerprint density at radius 1 is 0.949 bits per heavy atom. The van der Waals surface area contributed by atoms with Gasteiger partial charge in [0.05, 0.1) is 12.1 Å². The van der Waals surface area contributed by atoms with Gasteiger partial charge >= 0.3 is 0 Å². The molecule has 3 heterocycles. The molecular formula is C30H29N7O2. The van der Waals surface area contributed by atoms with Crippen molar-refractivity contribution in [1.82, 2.24) is 29.7 Å². The first kappa shape index (κ1) is 25.7. The average Bonchev–Trinajstić information content (AvgIpc) is 2.94. The van der Waals surface area contributed by atoms with Crippen LogP contribution in [-0.2, 0) is 19.6 Å². The summed E-state index contributed by atoms with van der Waals surface area (Å²) in [6.07, 6.45) is 6.80. The van der Waals surface area contributed by atoms with Crippen LogP contribution in [0.25, 0.3) is 10.9 Å². The molecule has 2 aromatic carbocycles. The Morgan fingerprint density at radius 3 is 2.54 bits per heavy atom. The number of nitrogens with one attached hydrogen (secondary N) is 2. The number of pyridine rings is 2. The highest BCUT2D eigenvalue weighted by Gasteiger charge is 2.13. The summed E-state index contributed by atoms with van der Waals surface area (Å²) in [7, 11) is 4.08. The summed E-state index contributed by atoms with van der Waals surface area (Å²) in [4.78, 5) is 41.0. The van der Waals surface area contributed by atoms with Crippen molar-refractivity contribution in [3.05, 3.63) is 124 Å². The molecule has 0 atom stereocenters. The summed E-state index contributed by atoms with van der Waals surface area (Å²) < 4.78 is 1.50. The molecule has 9 nitrogen and oxygen atoms in total. The molecule has 0 aliphatic rings. The molecule has 5 rings (SSSR count). The normalized spacial score (nSPS) is 11.1. The number of hydrogen-bond donors (Lipinski definition) is 2. The lowest BCUT2D eigenvalue weighted by atomic mass is 10.1. The van der Waals surface area contributed by atoms with Crippen LogP contribution in [0.4, 0.5) is 11.6 Å². The maximum atomic E-state index is 12.9. The number of fused-ring (bicyclic) bond motifs is 1. The van der Waals surface area contributed by atoms with Gasteiger partial charge in [0.1, 0.15) is 5.56 Å². The van der Waals surface area contributed by atoms with Crippen molar-refractivity contribution in [2.75, 3.05) is 19.4 Å². The van der Waals surface area contributed by atoms with Crippen molar-refractivity contribution < 1.29 is 4.79 Å². The Morgan fingerprint density at radius 2 is 1.77 bits per heavy atom. The highest BCUT2D eigenvalue weighted by Crippen LogP contribution is 2.19. The molecule has 39 heavy (non-hydrogen) atoms. The molecule has 0 unspecified atom stereocenters. The van der Waals surface area contributed by atoms with Gasteiger partial charge in [-0.1, -0.05) is 24.3 Å². The van der Waals surface area contributed by atoms with E-state index in [0.29, 0.717) is 12.5 Å². The molecule has 196 valence electrons. The molecule has 5 aromatic rings. The Kier molecular flexibility index (Phi) is 7.70. The highest BCUT2D eigenvalue weighted by atomic mass is 16.2. The minimum atomic E-state index is -0.423. The fraction of sp³-hybridized carbons (Fsp3) is 0.167. The zero-order valence-electron chi connectivity index (χ0n) is 21.8. The van der Waals surface area contributed by atoms with Gasteiger partial charge in [-0.05, 0) is 73.3 Å². The third-order valence-electron chi connectivity index (χ3n) is 6.15. The quantitative estimate of drug-likeness (QED) is 0.304. The third kappa shape index (κ3) is 6.52. The van der Waals surface area contributed by atoms with Gasteiger partial charge in [0.25, 0.3) is 11.5 Å². The first-order valence-electron chi connectivity index (χ1n) is 12.6. The molecule has 9 heteroatoms. The molecule has 3 aromatic heterocycles. The lowest BCUT2D eigenvalue weighted by Crippen LogP contribution is -2.32. The Labute approximate surface area is 226 Å². The van der Waals surface area contributed by atoms with Crippen LogP contribution in [-0.4, -0.2) is 44.4 Å². The topological polar surface area (TPSA) is 105 Å². The van der Waals surface area contributed by atoms with Gasteiger partial charge in [-0.15, -0.1) is 0 Å². The number of hydrogen-bond acceptors (Lipinski definition) is 7. The van der Waals surface area contributed by atoms with Crippen LogP contribution in [0, 0.1) is 0 Å². The van der Waals surface area contributed by atoms with E-state index in [9.17, 15) is 9.59 Å². The molecule has 0 saturated carbocycles. The molecule has 0 spiro atoms. The number of nitrogens with zero attached hydrogens (tertiary/aromatic N) is 5. The first-order valence-corrected chi connectivity index (χ1v) is 12.6. The molecule has 1 amide bonds. The van der Waals surface area contributed by atoms with E-state index in [1.54, 1.807) is 30.9 Å². The average molecular weight is 520 g/mol. The second-order valence-electron chi connectivity index (χ2n) is 9.55. The number of anilines is 2. The van der Waals surface area contributed by atoms with Crippen LogP contribution < -0.4 is 16.2 Å². The largest absolute Gasteiger partial charge is 0.348 e. The maximum absolute atomic E-state index is 12.9. The summed E-state index contributed by atoms with van der Waals surface area (Å²) in [5.74, 6) is 0.0867. The molecular weight excluding hydrogens is 490 g/mol. The Hall–Kier alpha value is -4.89. The van der Waals surface area contributed by atoms with Crippen molar-refractivity contribution in [2.45, 2.75) is 19.6 Å². The minimum absolute atomic E-state index is 0.0935. The van der Waals surface area contributed by atoms with E-state index in [-0.39, 0.29) is 17.7 Å². The minimum Gasteiger partial charge on any atom is -0.348 e. The number of rotatable bonds is 9. The molecule has 0 radical (unpaired) electrons. The maximum Gasteiger partial charge on any atom is 0.263 e. The fourth-order valence-electron chi connectivity index (χ4n) is 4.24. The number of amides is 1. The van der Waals surface area contributed by atoms with E-state index in [2.05, 4.69) is 42.6 Å². The summed E-state index contributed by atoms with van der Waals surface area (Å²) in [6, 6.07) is 20.9. The van der Waals surface area contributed by atoms with Crippen molar-refractivity contribution in [2.24, 2.45) is 0 Å². The molecule has 2 N–H and O–H groups in total. The van der Waals surface area contributed by atoms with Gasteiger partial charge in [-0.3, -0.25) is 14.6 Å². The van der Waals surface area contributed by atoms with Gasteiger partial charge in [0.15, 0.2) is 0 Å². The zero-order valence-corrected chi connectivity index (χ0v) is 21.8. The van der Waals surface area contributed by atoms with E-state index in [0.717, 1.165) is 34.3 Å². The Balaban J connectivity index is 1.23. The van der Waals surface area contributed by atoms with Gasteiger partial charge < -0.3 is 20.1 Å². The second-order valence-corrected chi connectivity index (χ2v) is 9.55. The van der Waals surface area contributed by atoms with E-state index in [1.807, 2.05) is 56.6 Å². The van der Waals surface area contributed by atoms with Crippen LogP contribution in [0.5, 0.6) is 0 Å². The van der Waals surface area contributed by atoms with Crippen LogP contribution in [0.3, 0.4) is 0 Å². The summed E-state index contributed by atoms with van der Waals surface area (Å²) in [6.45, 7) is 1.49. The van der Waals surface area contributed by atoms with Gasteiger partial charge in [-0.25, -0.2) is 9.97 Å². The van der Waals surface area contributed by atoms with Gasteiger partial charge in [-0.2, -0.15) is 0 Å². The highest BCUT2D eigenvalue weighted by molar-refractivity contribution is 5.93. The third-order valence-corrected chi connectivity index (χ3v) is 6.15. The summed E-state index contributed by atoms with van der Waals surface area (Å²) in [5.41, 5.74) is 4.43. The molecule has 0 aliphatic carbocycles. The molecule has 0 saturated heterocycles. The fourth-order valence-corrected chi connectivity index (χ4v) is 4.24. The second kappa shape index (κ2) is 11.7. The van der Waals surface area contributed by atoms with E-state index < -0.39 is 5.91 Å². The number of aromatic nitrogens is 4. The van der Waals surface area contributed by atoms with Gasteiger partial charge in [0.2, 0.25) is 5.95 Å². The number of carbonyl (C=O) groups excluding carboxylic acids is 1. The summed E-state index contributed by atoms with van der Waals surface area (Å²) >= 11 is 0. The SMILES string of the molecule is CN(C)Cc1ccc(Nc2ncc3cc(CNC(=O)c4cccn(Cc5cccnc5)c4=O)ccc3n2)cc1. The van der Waals surface area contributed by atoms with Crippen LogP contribution >= 0.6 is 0 Å². The predicted octanol–water partition coefficient (Wildman–Crippen LogP) is 3.97. The number of benzene rings is 2.